The van der Waals surface area contributed by atoms with E-state index in [0.29, 0.717) is 6.54 Å². The fourth-order valence-electron chi connectivity index (χ4n) is 4.75. The second kappa shape index (κ2) is 7.42. The molecule has 2 amide bonds. The molecule has 2 aliphatic carbocycles. The Morgan fingerprint density at radius 2 is 1.79 bits per heavy atom. The van der Waals surface area contributed by atoms with Crippen molar-refractivity contribution in [2.45, 2.75) is 70.3 Å². The molecule has 3 fully saturated rings. The Hall–Kier alpha value is -1.10. The number of amides is 2. The quantitative estimate of drug-likeness (QED) is 0.837. The molecule has 1 heterocycles. The molecule has 1 aliphatic heterocycles. The standard InChI is InChI=1S/C19H32N2O3/c1-20(13-19(14-22)10-6-11-19)18(24)16-9-5-12-21(16)17(23)15-7-3-2-4-8-15/h15-16,22H,2-14H2,1H3/t16-/m0/s1. The van der Waals surface area contributed by atoms with Crippen LogP contribution in [0.5, 0.6) is 0 Å². The lowest BCUT2D eigenvalue weighted by atomic mass is 9.69. The van der Waals surface area contributed by atoms with Gasteiger partial charge in [0.15, 0.2) is 0 Å². The third kappa shape index (κ3) is 3.46. The van der Waals surface area contributed by atoms with Gasteiger partial charge in [-0.05, 0) is 38.5 Å². The second-order valence-electron chi connectivity index (χ2n) is 8.23. The number of carbonyl (C=O) groups is 2. The van der Waals surface area contributed by atoms with Gasteiger partial charge in [-0.3, -0.25) is 9.59 Å². The molecule has 3 rings (SSSR count). The summed E-state index contributed by atoms with van der Waals surface area (Å²) in [5.41, 5.74) is -0.0960. The number of aliphatic hydroxyl groups excluding tert-OH is 1. The van der Waals surface area contributed by atoms with E-state index >= 15 is 0 Å². The van der Waals surface area contributed by atoms with Gasteiger partial charge < -0.3 is 14.9 Å². The van der Waals surface area contributed by atoms with Crippen molar-refractivity contribution in [1.29, 1.82) is 0 Å². The minimum Gasteiger partial charge on any atom is -0.396 e. The van der Waals surface area contributed by atoms with Crippen LogP contribution in [-0.4, -0.2) is 59.5 Å². The molecule has 24 heavy (non-hydrogen) atoms. The summed E-state index contributed by atoms with van der Waals surface area (Å²) in [5.74, 6) is 0.406. The zero-order chi connectivity index (χ0) is 17.2. The van der Waals surface area contributed by atoms with E-state index in [9.17, 15) is 14.7 Å². The van der Waals surface area contributed by atoms with Crippen molar-refractivity contribution in [3.8, 4) is 0 Å². The Morgan fingerprint density at radius 1 is 1.08 bits per heavy atom. The molecule has 0 radical (unpaired) electrons. The van der Waals surface area contributed by atoms with Crippen LogP contribution < -0.4 is 0 Å². The van der Waals surface area contributed by atoms with Crippen LogP contribution in [0.25, 0.3) is 0 Å². The summed E-state index contributed by atoms with van der Waals surface area (Å²) in [4.78, 5) is 29.4. The summed E-state index contributed by atoms with van der Waals surface area (Å²) in [7, 11) is 1.83. The van der Waals surface area contributed by atoms with Crippen LogP contribution in [0.15, 0.2) is 0 Å². The number of carbonyl (C=O) groups excluding carboxylic acids is 2. The fraction of sp³-hybridized carbons (Fsp3) is 0.895. The zero-order valence-corrected chi connectivity index (χ0v) is 15.0. The van der Waals surface area contributed by atoms with Crippen LogP contribution in [0.1, 0.15) is 64.2 Å². The van der Waals surface area contributed by atoms with Crippen LogP contribution in [0.4, 0.5) is 0 Å². The highest BCUT2D eigenvalue weighted by atomic mass is 16.3. The third-order valence-corrected chi connectivity index (χ3v) is 6.47. The van der Waals surface area contributed by atoms with Gasteiger partial charge in [-0.15, -0.1) is 0 Å². The summed E-state index contributed by atoms with van der Waals surface area (Å²) in [5, 5.41) is 9.64. The molecule has 2 saturated carbocycles. The molecule has 1 saturated heterocycles. The van der Waals surface area contributed by atoms with Crippen LogP contribution in [-0.2, 0) is 9.59 Å². The van der Waals surface area contributed by atoms with Crippen LogP contribution in [0.2, 0.25) is 0 Å². The minimum absolute atomic E-state index is 0.0661. The normalized spacial score (nSPS) is 26.9. The maximum absolute atomic E-state index is 12.9. The van der Waals surface area contributed by atoms with Crippen LogP contribution in [0, 0.1) is 11.3 Å². The Morgan fingerprint density at radius 3 is 2.38 bits per heavy atom. The number of likely N-dealkylation sites (N-methyl/N-ethyl adjacent to an activating group) is 1. The number of hydrogen-bond acceptors (Lipinski definition) is 3. The van der Waals surface area contributed by atoms with E-state index in [4.69, 9.17) is 0 Å². The first-order valence-electron chi connectivity index (χ1n) is 9.73. The van der Waals surface area contributed by atoms with E-state index < -0.39 is 0 Å². The summed E-state index contributed by atoms with van der Waals surface area (Å²) in [6.07, 6.45) is 10.3. The third-order valence-electron chi connectivity index (χ3n) is 6.47. The largest absolute Gasteiger partial charge is 0.396 e. The predicted octanol–water partition coefficient (Wildman–Crippen LogP) is 2.18. The Kier molecular flexibility index (Phi) is 5.48. The lowest BCUT2D eigenvalue weighted by Crippen LogP contribution is -2.52. The SMILES string of the molecule is CN(CC1(CO)CCC1)C(=O)[C@@H]1CCCN1C(=O)C1CCCCC1. The zero-order valence-electron chi connectivity index (χ0n) is 15.0. The van der Waals surface area contributed by atoms with Crippen molar-refractivity contribution < 1.29 is 14.7 Å². The molecule has 0 aromatic rings. The van der Waals surface area contributed by atoms with Gasteiger partial charge in [-0.2, -0.15) is 0 Å². The number of nitrogens with zero attached hydrogens (tertiary/aromatic N) is 2. The van der Waals surface area contributed by atoms with Crippen molar-refractivity contribution in [3.63, 3.8) is 0 Å². The first-order chi connectivity index (χ1) is 11.6. The van der Waals surface area contributed by atoms with Crippen molar-refractivity contribution in [2.24, 2.45) is 11.3 Å². The second-order valence-corrected chi connectivity index (χ2v) is 8.23. The van der Waals surface area contributed by atoms with Crippen LogP contribution >= 0.6 is 0 Å². The predicted molar refractivity (Wildman–Crippen MR) is 92.3 cm³/mol. The number of aliphatic hydroxyl groups is 1. The molecule has 0 spiro atoms. The molecular weight excluding hydrogens is 304 g/mol. The average Bonchev–Trinajstić information content (AvgIpc) is 3.07. The van der Waals surface area contributed by atoms with E-state index in [0.717, 1.165) is 64.3 Å². The van der Waals surface area contributed by atoms with Crippen molar-refractivity contribution in [2.75, 3.05) is 26.7 Å². The van der Waals surface area contributed by atoms with E-state index in [1.54, 1.807) is 4.90 Å². The average molecular weight is 336 g/mol. The van der Waals surface area contributed by atoms with E-state index in [-0.39, 0.29) is 35.8 Å². The highest BCUT2D eigenvalue weighted by molar-refractivity contribution is 5.89. The molecule has 1 atom stereocenters. The summed E-state index contributed by atoms with van der Waals surface area (Å²) < 4.78 is 0. The van der Waals surface area contributed by atoms with E-state index in [1.165, 1.54) is 6.42 Å². The first-order valence-corrected chi connectivity index (χ1v) is 9.73. The Balaban J connectivity index is 1.61. The highest BCUT2D eigenvalue weighted by Gasteiger charge is 2.42. The van der Waals surface area contributed by atoms with Gasteiger partial charge in [-0.25, -0.2) is 0 Å². The minimum atomic E-state index is -0.278. The molecule has 136 valence electrons. The van der Waals surface area contributed by atoms with Gasteiger partial charge in [0, 0.05) is 31.5 Å². The summed E-state index contributed by atoms with van der Waals surface area (Å²) in [6, 6.07) is -0.278. The van der Waals surface area contributed by atoms with E-state index in [1.807, 2.05) is 11.9 Å². The molecule has 0 unspecified atom stereocenters. The van der Waals surface area contributed by atoms with E-state index in [2.05, 4.69) is 0 Å². The number of likely N-dealkylation sites (tertiary alicyclic amines) is 1. The lowest BCUT2D eigenvalue weighted by Gasteiger charge is -2.43. The molecule has 3 aliphatic rings. The fourth-order valence-corrected chi connectivity index (χ4v) is 4.75. The molecule has 5 nitrogen and oxygen atoms in total. The molecule has 1 N–H and O–H groups in total. The van der Waals surface area contributed by atoms with Gasteiger partial charge in [0.2, 0.25) is 11.8 Å². The summed E-state index contributed by atoms with van der Waals surface area (Å²) >= 11 is 0. The molecule has 0 aromatic carbocycles. The molecule has 0 aromatic heterocycles. The van der Waals surface area contributed by atoms with Gasteiger partial charge in [0.25, 0.3) is 0 Å². The van der Waals surface area contributed by atoms with Gasteiger partial charge in [0.05, 0.1) is 6.61 Å². The van der Waals surface area contributed by atoms with Crippen LogP contribution in [0.3, 0.4) is 0 Å². The van der Waals surface area contributed by atoms with Gasteiger partial charge >= 0.3 is 0 Å². The monoisotopic (exact) mass is 336 g/mol. The maximum atomic E-state index is 12.9. The van der Waals surface area contributed by atoms with Gasteiger partial charge in [-0.1, -0.05) is 25.7 Å². The van der Waals surface area contributed by atoms with Crippen molar-refractivity contribution in [3.05, 3.63) is 0 Å². The number of hydrogen-bond donors (Lipinski definition) is 1. The molecule has 0 bridgehead atoms. The lowest BCUT2D eigenvalue weighted by molar-refractivity contribution is -0.147. The molecular formula is C19H32N2O3. The van der Waals surface area contributed by atoms with Crippen molar-refractivity contribution >= 4 is 11.8 Å². The molecule has 5 heteroatoms. The smallest absolute Gasteiger partial charge is 0.245 e. The maximum Gasteiger partial charge on any atom is 0.245 e. The first kappa shape index (κ1) is 17.7. The van der Waals surface area contributed by atoms with Crippen molar-refractivity contribution in [1.82, 2.24) is 9.80 Å². The van der Waals surface area contributed by atoms with Gasteiger partial charge in [0.1, 0.15) is 6.04 Å². The Labute approximate surface area is 145 Å². The number of rotatable bonds is 5. The Bertz CT molecular complexity index is 464. The topological polar surface area (TPSA) is 60.9 Å². The summed E-state index contributed by atoms with van der Waals surface area (Å²) in [6.45, 7) is 1.50. The highest BCUT2D eigenvalue weighted by Crippen LogP contribution is 2.41.